The molecule has 0 heterocycles. The first kappa shape index (κ1) is 32.6. The minimum atomic E-state index is -1.46. The van der Waals surface area contributed by atoms with Crippen LogP contribution >= 0.6 is 0 Å². The lowest BCUT2D eigenvalue weighted by Crippen LogP contribution is -2.57. The van der Waals surface area contributed by atoms with E-state index in [1.165, 1.54) is 20.8 Å². The van der Waals surface area contributed by atoms with Crippen LogP contribution in [-0.4, -0.2) is 63.9 Å². The summed E-state index contributed by atoms with van der Waals surface area (Å²) >= 11 is 0. The van der Waals surface area contributed by atoms with Crippen molar-refractivity contribution in [2.75, 3.05) is 0 Å². The summed E-state index contributed by atoms with van der Waals surface area (Å²) in [5.74, 6) is -2.94. The monoisotopic (exact) mass is 596 g/mol. The zero-order valence-corrected chi connectivity index (χ0v) is 26.1. The van der Waals surface area contributed by atoms with Crippen molar-refractivity contribution in [3.8, 4) is 0 Å². The molecule has 4 rings (SSSR count). The van der Waals surface area contributed by atoms with Crippen LogP contribution in [0, 0.1) is 22.7 Å². The number of ether oxygens (including phenoxy) is 3. The Kier molecular flexibility index (Phi) is 8.84. The molecule has 3 aliphatic rings. The fourth-order valence-corrected chi connectivity index (χ4v) is 8.07. The fraction of sp³-hybridized carbons (Fsp3) is 0.588. The third-order valence-corrected chi connectivity index (χ3v) is 10.2. The molecule has 0 bridgehead atoms. The summed E-state index contributed by atoms with van der Waals surface area (Å²) in [4.78, 5) is 51.4. The molecule has 0 spiro atoms. The molecular weight excluding hydrogens is 552 g/mol. The normalized spacial score (nSPS) is 34.0. The maximum absolute atomic E-state index is 13.8. The van der Waals surface area contributed by atoms with Gasteiger partial charge in [-0.2, -0.15) is 0 Å². The summed E-state index contributed by atoms with van der Waals surface area (Å²) in [7, 11) is 0. The number of hydrogen-bond donors (Lipinski definition) is 2. The molecule has 234 valence electrons. The Morgan fingerprint density at radius 3 is 2.14 bits per heavy atom. The summed E-state index contributed by atoms with van der Waals surface area (Å²) in [5, 5.41) is 23.2. The number of hydrogen-bond acceptors (Lipinski definition) is 9. The van der Waals surface area contributed by atoms with Gasteiger partial charge in [-0.25, -0.2) is 4.79 Å². The molecule has 0 amide bonds. The molecule has 2 N–H and O–H groups in total. The number of aliphatic hydroxyl groups excluding tert-OH is 1. The number of Topliss-reactive ketones (excluding diaryl/α,β-unsaturated/α-hetero) is 1. The smallest absolute Gasteiger partial charge is 0.338 e. The molecule has 2 saturated carbocycles. The Balaban J connectivity index is 2.07. The molecule has 8 atom stereocenters. The Hall–Kier alpha value is -3.30. The molecule has 43 heavy (non-hydrogen) atoms. The molecule has 9 heteroatoms. The van der Waals surface area contributed by atoms with E-state index in [-0.39, 0.29) is 37.0 Å². The topological polar surface area (TPSA) is 136 Å². The number of carbonyl (C=O) groups excluding carboxylic acids is 4. The van der Waals surface area contributed by atoms with Gasteiger partial charge in [-0.1, -0.05) is 31.7 Å². The van der Waals surface area contributed by atoms with Crippen LogP contribution in [0.15, 0.2) is 53.6 Å². The van der Waals surface area contributed by atoms with Crippen LogP contribution in [0.2, 0.25) is 0 Å². The molecule has 9 nitrogen and oxygen atoms in total. The van der Waals surface area contributed by atoms with Gasteiger partial charge in [0.25, 0.3) is 0 Å². The average Bonchev–Trinajstić information content (AvgIpc) is 3.13. The third kappa shape index (κ3) is 5.69. The molecule has 2 fully saturated rings. The van der Waals surface area contributed by atoms with Crippen LogP contribution in [0.1, 0.15) is 84.5 Å². The first-order valence-corrected chi connectivity index (χ1v) is 14.8. The van der Waals surface area contributed by atoms with Crippen LogP contribution in [0.4, 0.5) is 0 Å². The zero-order chi connectivity index (χ0) is 32.1. The van der Waals surface area contributed by atoms with E-state index >= 15 is 0 Å². The van der Waals surface area contributed by atoms with Crippen molar-refractivity contribution in [2.45, 2.75) is 104 Å². The van der Waals surface area contributed by atoms with Crippen LogP contribution in [0.3, 0.4) is 0 Å². The predicted molar refractivity (Wildman–Crippen MR) is 158 cm³/mol. The average molecular weight is 597 g/mol. The molecule has 0 saturated heterocycles. The number of fused-ring (bicyclic) bond motifs is 2. The van der Waals surface area contributed by atoms with E-state index in [0.717, 1.165) is 0 Å². The number of benzene rings is 1. The summed E-state index contributed by atoms with van der Waals surface area (Å²) in [5.41, 5.74) is -1.77. The molecular formula is C34H44O9. The maximum atomic E-state index is 13.8. The van der Waals surface area contributed by atoms with Crippen LogP contribution in [0.5, 0.6) is 0 Å². The van der Waals surface area contributed by atoms with Crippen molar-refractivity contribution in [1.29, 1.82) is 0 Å². The molecule has 1 aromatic rings. The lowest BCUT2D eigenvalue weighted by molar-refractivity contribution is -0.175. The Labute approximate surface area is 253 Å². The lowest BCUT2D eigenvalue weighted by atomic mass is 9.52. The van der Waals surface area contributed by atoms with Gasteiger partial charge < -0.3 is 29.2 Å². The summed E-state index contributed by atoms with van der Waals surface area (Å²) in [6, 6.07) is 8.41. The second kappa shape index (κ2) is 11.7. The highest BCUT2D eigenvalue weighted by molar-refractivity contribution is 5.89. The van der Waals surface area contributed by atoms with Gasteiger partial charge >= 0.3 is 17.9 Å². The first-order chi connectivity index (χ1) is 19.9. The third-order valence-electron chi connectivity index (χ3n) is 10.2. The zero-order valence-electron chi connectivity index (χ0n) is 26.1. The van der Waals surface area contributed by atoms with Gasteiger partial charge in [-0.3, -0.25) is 9.59 Å². The first-order valence-electron chi connectivity index (χ1n) is 14.8. The Morgan fingerprint density at radius 1 is 1.00 bits per heavy atom. The molecule has 3 aliphatic carbocycles. The van der Waals surface area contributed by atoms with Gasteiger partial charge in [-0.15, -0.1) is 0 Å². The molecule has 0 aromatic heterocycles. The highest BCUT2D eigenvalue weighted by Gasteiger charge is 2.68. The van der Waals surface area contributed by atoms with E-state index in [1.54, 1.807) is 51.1 Å². The second-order valence-corrected chi connectivity index (χ2v) is 13.3. The van der Waals surface area contributed by atoms with E-state index < -0.39 is 70.6 Å². The van der Waals surface area contributed by atoms with Crippen molar-refractivity contribution in [2.24, 2.45) is 22.7 Å². The maximum Gasteiger partial charge on any atom is 0.338 e. The summed E-state index contributed by atoms with van der Waals surface area (Å²) in [6.07, 6.45) is -3.33. The SMILES string of the molecule is C=C1[C@H]2C[C@]3(C(C)(C)O)C[C@H](OC(C)=O)C(C)=C3[C@@H](OC(=O)c3ccccc3)[C@H](OC(C)=O)[C@]2(C)[C@@H](CC(C)=O)C[C@@H]1O. The highest BCUT2D eigenvalue weighted by Crippen LogP contribution is 2.66. The Bertz CT molecular complexity index is 1340. The van der Waals surface area contributed by atoms with Crippen LogP contribution in [-0.2, 0) is 28.6 Å². The van der Waals surface area contributed by atoms with Gasteiger partial charge in [0.2, 0.25) is 0 Å². The van der Waals surface area contributed by atoms with Gasteiger partial charge in [0, 0.05) is 37.5 Å². The van der Waals surface area contributed by atoms with Crippen LogP contribution in [0.25, 0.3) is 0 Å². The van der Waals surface area contributed by atoms with Crippen molar-refractivity contribution in [3.05, 3.63) is 59.2 Å². The standard InChI is InChI=1S/C34H44O9/c1-18(35)14-24-15-26(38)19(2)25-16-34(32(6,7)40)17-27(41-21(4)36)20(3)28(34)29(30(33(24,25)8)42-22(5)37)43-31(39)23-12-10-9-11-13-23/h9-13,24-27,29-30,38,40H,2,14-17H2,1,3-8H3/t24-,25+,26-,27-,29+,30-,33+,34-/m0/s1. The molecule has 1 aromatic carbocycles. The van der Waals surface area contributed by atoms with E-state index in [1.807, 2.05) is 6.92 Å². The van der Waals surface area contributed by atoms with Gasteiger partial charge in [0.1, 0.15) is 18.0 Å². The van der Waals surface area contributed by atoms with Gasteiger partial charge in [0.05, 0.1) is 17.3 Å². The fourth-order valence-electron chi connectivity index (χ4n) is 8.07. The molecule has 0 aliphatic heterocycles. The molecule has 0 radical (unpaired) electrons. The number of ketones is 1. The second-order valence-electron chi connectivity index (χ2n) is 13.3. The predicted octanol–water partition coefficient (Wildman–Crippen LogP) is 4.50. The van der Waals surface area contributed by atoms with Crippen molar-refractivity contribution < 1.29 is 43.6 Å². The van der Waals surface area contributed by atoms with E-state index in [0.29, 0.717) is 16.7 Å². The largest absolute Gasteiger partial charge is 0.458 e. The van der Waals surface area contributed by atoms with E-state index in [2.05, 4.69) is 6.58 Å². The Morgan fingerprint density at radius 2 is 1.60 bits per heavy atom. The van der Waals surface area contributed by atoms with Crippen molar-refractivity contribution >= 4 is 23.7 Å². The van der Waals surface area contributed by atoms with E-state index in [9.17, 15) is 29.4 Å². The van der Waals surface area contributed by atoms with Crippen LogP contribution < -0.4 is 0 Å². The summed E-state index contributed by atoms with van der Waals surface area (Å²) < 4.78 is 18.2. The lowest BCUT2D eigenvalue weighted by Gasteiger charge is -2.54. The number of aliphatic hydroxyl groups is 2. The summed E-state index contributed by atoms with van der Waals surface area (Å²) in [6.45, 7) is 15.3. The number of carbonyl (C=O) groups is 4. The van der Waals surface area contributed by atoms with E-state index in [4.69, 9.17) is 14.2 Å². The van der Waals surface area contributed by atoms with Gasteiger partial charge in [0.15, 0.2) is 6.10 Å². The van der Waals surface area contributed by atoms with Gasteiger partial charge in [-0.05, 0) is 81.2 Å². The van der Waals surface area contributed by atoms with Crippen molar-refractivity contribution in [1.82, 2.24) is 0 Å². The van der Waals surface area contributed by atoms with Crippen molar-refractivity contribution in [3.63, 3.8) is 0 Å². The minimum Gasteiger partial charge on any atom is -0.458 e. The minimum absolute atomic E-state index is 0.0953. The number of rotatable bonds is 7. The quantitative estimate of drug-likeness (QED) is 0.265. The highest BCUT2D eigenvalue weighted by atomic mass is 16.6. The molecule has 0 unspecified atom stereocenters. The number of esters is 3.